The van der Waals surface area contributed by atoms with Crippen molar-refractivity contribution in [3.05, 3.63) is 84.3 Å². The summed E-state index contributed by atoms with van der Waals surface area (Å²) in [5.74, 6) is 1.35. The van der Waals surface area contributed by atoms with Crippen LogP contribution in [0.2, 0.25) is 0 Å². The van der Waals surface area contributed by atoms with E-state index in [0.29, 0.717) is 23.4 Å². The lowest BCUT2D eigenvalue weighted by Crippen LogP contribution is -2.23. The van der Waals surface area contributed by atoms with Gasteiger partial charge in [0.15, 0.2) is 18.1 Å². The van der Waals surface area contributed by atoms with Crippen LogP contribution >= 0.6 is 0 Å². The molecule has 8 nitrogen and oxygen atoms in total. The number of rotatable bonds is 7. The third-order valence-corrected chi connectivity index (χ3v) is 3.78. The van der Waals surface area contributed by atoms with Crippen molar-refractivity contribution in [1.82, 2.24) is 20.4 Å². The van der Waals surface area contributed by atoms with Crippen molar-refractivity contribution in [2.75, 3.05) is 0 Å². The first-order valence-electron chi connectivity index (χ1n) is 8.56. The second-order valence-corrected chi connectivity index (χ2v) is 5.79. The Balaban J connectivity index is 1.30. The standard InChI is InChI=1S/C20H16N4O4/c25-19(16-12-27-20(22-16)14-7-3-1-4-8-14)21-11-17-23-18(28-24-17)13-26-15-9-5-2-6-10-15/h1-10,12H,11,13H2,(H,21,25). The van der Waals surface area contributed by atoms with Crippen LogP contribution in [0.1, 0.15) is 22.2 Å². The van der Waals surface area contributed by atoms with Crippen molar-refractivity contribution in [3.63, 3.8) is 0 Å². The third-order valence-electron chi connectivity index (χ3n) is 3.78. The summed E-state index contributed by atoms with van der Waals surface area (Å²) in [4.78, 5) is 20.6. The minimum Gasteiger partial charge on any atom is -0.484 e. The molecule has 0 fully saturated rings. The summed E-state index contributed by atoms with van der Waals surface area (Å²) in [7, 11) is 0. The van der Waals surface area contributed by atoms with E-state index >= 15 is 0 Å². The Morgan fingerprint density at radius 1 is 1.00 bits per heavy atom. The number of hydrogen-bond donors (Lipinski definition) is 1. The van der Waals surface area contributed by atoms with Gasteiger partial charge in [-0.2, -0.15) is 4.98 Å². The summed E-state index contributed by atoms with van der Waals surface area (Å²) < 4.78 is 16.0. The lowest BCUT2D eigenvalue weighted by molar-refractivity contribution is 0.0944. The maximum absolute atomic E-state index is 12.2. The quantitative estimate of drug-likeness (QED) is 0.528. The number of carbonyl (C=O) groups is 1. The number of carbonyl (C=O) groups excluding carboxylic acids is 1. The van der Waals surface area contributed by atoms with Crippen molar-refractivity contribution in [3.8, 4) is 17.2 Å². The Morgan fingerprint density at radius 2 is 1.75 bits per heavy atom. The first-order chi connectivity index (χ1) is 13.8. The van der Waals surface area contributed by atoms with E-state index < -0.39 is 5.91 Å². The highest BCUT2D eigenvalue weighted by Crippen LogP contribution is 2.17. The fourth-order valence-electron chi connectivity index (χ4n) is 2.42. The zero-order valence-electron chi connectivity index (χ0n) is 14.7. The molecule has 0 aliphatic carbocycles. The number of aromatic nitrogens is 3. The monoisotopic (exact) mass is 376 g/mol. The van der Waals surface area contributed by atoms with Gasteiger partial charge in [0.2, 0.25) is 5.89 Å². The maximum Gasteiger partial charge on any atom is 0.273 e. The molecule has 4 aromatic rings. The van der Waals surface area contributed by atoms with Gasteiger partial charge in [-0.1, -0.05) is 41.6 Å². The zero-order valence-corrected chi connectivity index (χ0v) is 14.7. The lowest BCUT2D eigenvalue weighted by atomic mass is 10.2. The molecule has 2 heterocycles. The summed E-state index contributed by atoms with van der Waals surface area (Å²) >= 11 is 0. The number of nitrogens with zero attached hydrogens (tertiary/aromatic N) is 3. The van der Waals surface area contributed by atoms with Gasteiger partial charge in [-0.3, -0.25) is 4.79 Å². The molecule has 0 unspecified atom stereocenters. The van der Waals surface area contributed by atoms with E-state index in [2.05, 4.69) is 20.4 Å². The van der Waals surface area contributed by atoms with Gasteiger partial charge < -0.3 is 19.0 Å². The van der Waals surface area contributed by atoms with Gasteiger partial charge in [0.25, 0.3) is 11.8 Å². The van der Waals surface area contributed by atoms with E-state index in [1.807, 2.05) is 60.7 Å². The summed E-state index contributed by atoms with van der Waals surface area (Å²) in [6.45, 7) is 0.246. The van der Waals surface area contributed by atoms with E-state index in [1.165, 1.54) is 6.26 Å². The second-order valence-electron chi connectivity index (χ2n) is 5.79. The van der Waals surface area contributed by atoms with Crippen LogP contribution in [-0.4, -0.2) is 21.0 Å². The molecule has 2 aromatic heterocycles. The van der Waals surface area contributed by atoms with Crippen LogP contribution in [0.4, 0.5) is 0 Å². The Bertz CT molecular complexity index is 1040. The summed E-state index contributed by atoms with van der Waals surface area (Å²) in [5.41, 5.74) is 0.970. The second kappa shape index (κ2) is 8.17. The minimum atomic E-state index is -0.391. The van der Waals surface area contributed by atoms with Gasteiger partial charge in [0.1, 0.15) is 12.0 Å². The van der Waals surface area contributed by atoms with Gasteiger partial charge in [0, 0.05) is 5.56 Å². The van der Waals surface area contributed by atoms with Gasteiger partial charge in [-0.15, -0.1) is 0 Å². The highest BCUT2D eigenvalue weighted by molar-refractivity contribution is 5.92. The zero-order chi connectivity index (χ0) is 19.2. The normalized spacial score (nSPS) is 10.6. The van der Waals surface area contributed by atoms with Gasteiger partial charge >= 0.3 is 0 Å². The number of ether oxygens (including phenoxy) is 1. The summed E-state index contributed by atoms with van der Waals surface area (Å²) in [6, 6.07) is 18.6. The topological polar surface area (TPSA) is 103 Å². The average Bonchev–Trinajstić information content (AvgIpc) is 3.42. The fraction of sp³-hybridized carbons (Fsp3) is 0.100. The van der Waals surface area contributed by atoms with Crippen LogP contribution in [0, 0.1) is 0 Å². The Morgan fingerprint density at radius 3 is 2.54 bits per heavy atom. The molecule has 1 amide bonds. The summed E-state index contributed by atoms with van der Waals surface area (Å²) in [6.07, 6.45) is 1.31. The first-order valence-corrected chi connectivity index (χ1v) is 8.56. The molecule has 0 spiro atoms. The first kappa shape index (κ1) is 17.5. The van der Waals surface area contributed by atoms with E-state index in [1.54, 1.807) is 0 Å². The number of amides is 1. The molecule has 1 N–H and O–H groups in total. The molecule has 4 rings (SSSR count). The molecule has 8 heteroatoms. The number of hydrogen-bond acceptors (Lipinski definition) is 7. The fourth-order valence-corrected chi connectivity index (χ4v) is 2.42. The Labute approximate surface area is 160 Å². The predicted octanol–water partition coefficient (Wildman–Crippen LogP) is 3.23. The van der Waals surface area contributed by atoms with E-state index in [-0.39, 0.29) is 18.8 Å². The molecule has 0 saturated heterocycles. The van der Waals surface area contributed by atoms with Gasteiger partial charge in [-0.05, 0) is 24.3 Å². The molecule has 28 heavy (non-hydrogen) atoms. The van der Waals surface area contributed by atoms with Crippen LogP contribution in [0.3, 0.4) is 0 Å². The molecule has 0 radical (unpaired) electrons. The van der Waals surface area contributed by atoms with Crippen LogP contribution in [0.5, 0.6) is 5.75 Å². The molecule has 2 aromatic carbocycles. The van der Waals surface area contributed by atoms with Crippen LogP contribution in [0.25, 0.3) is 11.5 Å². The summed E-state index contributed by atoms with van der Waals surface area (Å²) in [5, 5.41) is 6.50. The van der Waals surface area contributed by atoms with Crippen molar-refractivity contribution >= 4 is 5.91 Å². The predicted molar refractivity (Wildman–Crippen MR) is 98.2 cm³/mol. The smallest absolute Gasteiger partial charge is 0.273 e. The highest BCUT2D eigenvalue weighted by atomic mass is 16.5. The average molecular weight is 376 g/mol. The van der Waals surface area contributed by atoms with Gasteiger partial charge in [0.05, 0.1) is 6.54 Å². The Hall–Kier alpha value is -3.94. The number of oxazole rings is 1. The largest absolute Gasteiger partial charge is 0.484 e. The number of nitrogens with one attached hydrogen (secondary N) is 1. The molecule has 0 bridgehead atoms. The SMILES string of the molecule is O=C(NCc1noc(COc2ccccc2)n1)c1coc(-c2ccccc2)n1. The molecular weight excluding hydrogens is 360 g/mol. The molecular formula is C20H16N4O4. The molecule has 0 aliphatic rings. The lowest BCUT2D eigenvalue weighted by Gasteiger charge is -2.01. The molecule has 0 saturated carbocycles. The van der Waals surface area contributed by atoms with Gasteiger partial charge in [-0.25, -0.2) is 4.98 Å². The molecule has 0 aliphatic heterocycles. The molecule has 140 valence electrons. The van der Waals surface area contributed by atoms with Crippen LogP contribution in [-0.2, 0) is 13.2 Å². The van der Waals surface area contributed by atoms with Crippen molar-refractivity contribution in [1.29, 1.82) is 0 Å². The molecule has 0 atom stereocenters. The van der Waals surface area contributed by atoms with Crippen molar-refractivity contribution in [2.45, 2.75) is 13.2 Å². The minimum absolute atomic E-state index is 0.0984. The van der Waals surface area contributed by atoms with E-state index in [0.717, 1.165) is 5.56 Å². The Kier molecular flexibility index (Phi) is 5.10. The van der Waals surface area contributed by atoms with E-state index in [4.69, 9.17) is 13.7 Å². The number of benzene rings is 2. The van der Waals surface area contributed by atoms with Crippen molar-refractivity contribution < 1.29 is 18.5 Å². The maximum atomic E-state index is 12.2. The van der Waals surface area contributed by atoms with Crippen LogP contribution in [0.15, 0.2) is 75.9 Å². The van der Waals surface area contributed by atoms with Crippen molar-refractivity contribution in [2.24, 2.45) is 0 Å². The van der Waals surface area contributed by atoms with E-state index in [9.17, 15) is 4.79 Å². The number of para-hydroxylation sites is 1. The third kappa shape index (κ3) is 4.24. The highest BCUT2D eigenvalue weighted by Gasteiger charge is 2.14. The van der Waals surface area contributed by atoms with Crippen LogP contribution < -0.4 is 10.1 Å².